The molecular formula is C29H31F3N4O3. The van der Waals surface area contributed by atoms with Crippen molar-refractivity contribution < 1.29 is 27.6 Å². The fourth-order valence-electron chi connectivity index (χ4n) is 4.99. The van der Waals surface area contributed by atoms with Crippen molar-refractivity contribution in [3.05, 3.63) is 95.2 Å². The molecule has 0 saturated heterocycles. The normalized spacial score (nSPS) is 18.3. The number of carbonyl (C=O) groups excluding carboxylic acids is 3. The Morgan fingerprint density at radius 3 is 2.38 bits per heavy atom. The molecule has 1 N–H and O–H groups in total. The number of hydrogen-bond acceptors (Lipinski definition) is 3. The van der Waals surface area contributed by atoms with Gasteiger partial charge in [-0.15, -0.1) is 6.58 Å². The lowest BCUT2D eigenvalue weighted by Gasteiger charge is -2.34. The number of alkyl halides is 3. The molecule has 0 aliphatic carbocycles. The van der Waals surface area contributed by atoms with Gasteiger partial charge in [0.25, 0.3) is 5.91 Å². The van der Waals surface area contributed by atoms with Gasteiger partial charge < -0.3 is 15.1 Å². The summed E-state index contributed by atoms with van der Waals surface area (Å²) in [4.78, 5) is 45.1. The van der Waals surface area contributed by atoms with Crippen LogP contribution in [0.2, 0.25) is 0 Å². The fraction of sp³-hybridized carbons (Fsp3) is 0.345. The summed E-state index contributed by atoms with van der Waals surface area (Å²) >= 11 is 0. The molecule has 0 saturated carbocycles. The lowest BCUT2D eigenvalue weighted by Crippen LogP contribution is -2.51. The molecule has 0 radical (unpaired) electrons. The van der Waals surface area contributed by atoms with Crippen molar-refractivity contribution in [1.82, 2.24) is 20.0 Å². The zero-order chi connectivity index (χ0) is 28.5. The summed E-state index contributed by atoms with van der Waals surface area (Å²) in [7, 11) is 1.65. The standard InChI is InChI=1S/C29H31F3N4O3/c1-5-15-35-23-17-36(22(26(37)34(4)18(2)3)16-19-11-7-6-8-12-19)27(38)24(23)25(33-28(35)39)20-13-9-10-14-21(20)29(30,31)32/h5-14,18,22,25H,1,15-17H2,2-4H3,(H,33,39)/t22-,25-/m0/s1. The van der Waals surface area contributed by atoms with E-state index in [9.17, 15) is 27.6 Å². The number of benzene rings is 2. The second kappa shape index (κ2) is 11.0. The number of carbonyl (C=O) groups is 3. The largest absolute Gasteiger partial charge is 0.416 e. The predicted octanol–water partition coefficient (Wildman–Crippen LogP) is 4.53. The molecule has 4 rings (SSSR count). The third-order valence-corrected chi connectivity index (χ3v) is 7.19. The maximum atomic E-state index is 14.1. The molecule has 4 amide bonds. The van der Waals surface area contributed by atoms with Crippen molar-refractivity contribution in [2.45, 2.75) is 44.6 Å². The molecule has 2 aliphatic heterocycles. The molecular weight excluding hydrogens is 509 g/mol. The van der Waals surface area contributed by atoms with Crippen LogP contribution in [0.1, 0.15) is 36.6 Å². The van der Waals surface area contributed by atoms with Gasteiger partial charge in [0.05, 0.1) is 29.4 Å². The van der Waals surface area contributed by atoms with Crippen molar-refractivity contribution in [2.75, 3.05) is 20.1 Å². The molecule has 7 nitrogen and oxygen atoms in total. The lowest BCUT2D eigenvalue weighted by atomic mass is 9.91. The topological polar surface area (TPSA) is 73.0 Å². The second-order valence-electron chi connectivity index (χ2n) is 9.91. The summed E-state index contributed by atoms with van der Waals surface area (Å²) in [5.74, 6) is -0.892. The van der Waals surface area contributed by atoms with Crippen molar-refractivity contribution in [2.24, 2.45) is 0 Å². The molecule has 0 spiro atoms. The highest BCUT2D eigenvalue weighted by Crippen LogP contribution is 2.42. The highest BCUT2D eigenvalue weighted by molar-refractivity contribution is 6.03. The van der Waals surface area contributed by atoms with Crippen LogP contribution in [-0.4, -0.2) is 64.8 Å². The second-order valence-corrected chi connectivity index (χ2v) is 9.91. The molecule has 2 aliphatic rings. The minimum Gasteiger partial charge on any atom is -0.342 e. The highest BCUT2D eigenvalue weighted by Gasteiger charge is 2.49. The first-order chi connectivity index (χ1) is 18.5. The highest BCUT2D eigenvalue weighted by atomic mass is 19.4. The summed E-state index contributed by atoms with van der Waals surface area (Å²) in [5, 5.41) is 2.60. The molecule has 10 heteroatoms. The Bertz CT molecular complexity index is 1310. The lowest BCUT2D eigenvalue weighted by molar-refractivity contribution is -0.143. The van der Waals surface area contributed by atoms with Crippen LogP contribution < -0.4 is 5.32 Å². The minimum atomic E-state index is -4.70. The van der Waals surface area contributed by atoms with E-state index in [-0.39, 0.29) is 48.3 Å². The first kappa shape index (κ1) is 27.9. The zero-order valence-electron chi connectivity index (χ0n) is 22.0. The first-order valence-electron chi connectivity index (χ1n) is 12.6. The Morgan fingerprint density at radius 2 is 1.77 bits per heavy atom. The van der Waals surface area contributed by atoms with Crippen molar-refractivity contribution in [1.29, 1.82) is 0 Å². The van der Waals surface area contributed by atoms with E-state index in [0.29, 0.717) is 0 Å². The van der Waals surface area contributed by atoms with Crippen LogP contribution in [0.3, 0.4) is 0 Å². The number of hydrogen-bond donors (Lipinski definition) is 1. The van der Waals surface area contributed by atoms with E-state index in [0.717, 1.165) is 11.6 Å². The van der Waals surface area contributed by atoms with Crippen molar-refractivity contribution >= 4 is 17.8 Å². The van der Waals surface area contributed by atoms with Crippen LogP contribution in [0.5, 0.6) is 0 Å². The van der Waals surface area contributed by atoms with Crippen molar-refractivity contribution in [3.8, 4) is 0 Å². The number of likely N-dealkylation sites (N-methyl/N-ethyl adjacent to an activating group) is 1. The molecule has 2 atom stereocenters. The van der Waals surface area contributed by atoms with E-state index in [4.69, 9.17) is 0 Å². The van der Waals surface area contributed by atoms with E-state index in [1.165, 1.54) is 34.1 Å². The number of urea groups is 1. The van der Waals surface area contributed by atoms with Crippen LogP contribution in [0.4, 0.5) is 18.0 Å². The van der Waals surface area contributed by atoms with Gasteiger partial charge in [-0.25, -0.2) is 4.79 Å². The Labute approximate surface area is 225 Å². The van der Waals surface area contributed by atoms with Crippen LogP contribution in [0, 0.1) is 0 Å². The Balaban J connectivity index is 1.82. The monoisotopic (exact) mass is 540 g/mol. The summed E-state index contributed by atoms with van der Waals surface area (Å²) in [6, 6.07) is 11.0. The average Bonchev–Trinajstić information content (AvgIpc) is 3.24. The van der Waals surface area contributed by atoms with E-state index in [2.05, 4.69) is 11.9 Å². The van der Waals surface area contributed by atoms with Gasteiger partial charge in [0, 0.05) is 26.1 Å². The molecule has 0 bridgehead atoms. The van der Waals surface area contributed by atoms with Gasteiger partial charge in [0.15, 0.2) is 0 Å². The fourth-order valence-corrected chi connectivity index (χ4v) is 4.99. The Hall–Kier alpha value is -4.08. The zero-order valence-corrected chi connectivity index (χ0v) is 22.0. The quantitative estimate of drug-likeness (QED) is 0.500. The average molecular weight is 541 g/mol. The Morgan fingerprint density at radius 1 is 1.13 bits per heavy atom. The van der Waals surface area contributed by atoms with Crippen LogP contribution >= 0.6 is 0 Å². The first-order valence-corrected chi connectivity index (χ1v) is 12.6. The summed E-state index contributed by atoms with van der Waals surface area (Å²) in [6.45, 7) is 7.32. The van der Waals surface area contributed by atoms with E-state index in [1.807, 2.05) is 44.2 Å². The number of nitrogens with zero attached hydrogens (tertiary/aromatic N) is 3. The van der Waals surface area contributed by atoms with Gasteiger partial charge in [0.2, 0.25) is 5.91 Å². The third-order valence-electron chi connectivity index (χ3n) is 7.19. The third kappa shape index (κ3) is 5.41. The van der Waals surface area contributed by atoms with Gasteiger partial charge in [0.1, 0.15) is 6.04 Å². The molecule has 0 aromatic heterocycles. The van der Waals surface area contributed by atoms with Crippen LogP contribution in [0.15, 0.2) is 78.5 Å². The van der Waals surface area contributed by atoms with Gasteiger partial charge in [-0.1, -0.05) is 54.6 Å². The molecule has 0 unspecified atom stereocenters. The SMILES string of the molecule is C=CCN1C(=O)N[C@@H](c2ccccc2C(F)(F)F)C2=C1CN([C@@H](Cc1ccccc1)C(=O)N(C)C(C)C)C2=O. The van der Waals surface area contributed by atoms with Gasteiger partial charge in [-0.05, 0) is 31.0 Å². The van der Waals surface area contributed by atoms with E-state index >= 15 is 0 Å². The van der Waals surface area contributed by atoms with Gasteiger partial charge in [-0.3, -0.25) is 14.5 Å². The minimum absolute atomic E-state index is 0.0196. The molecule has 206 valence electrons. The molecule has 39 heavy (non-hydrogen) atoms. The summed E-state index contributed by atoms with van der Waals surface area (Å²) in [5.41, 5.74) is -0.0664. The van der Waals surface area contributed by atoms with E-state index in [1.54, 1.807) is 11.9 Å². The molecule has 2 aromatic carbocycles. The summed E-state index contributed by atoms with van der Waals surface area (Å²) < 4.78 is 41.9. The predicted molar refractivity (Wildman–Crippen MR) is 140 cm³/mol. The summed E-state index contributed by atoms with van der Waals surface area (Å²) in [6.07, 6.45) is -3.02. The maximum absolute atomic E-state index is 14.1. The van der Waals surface area contributed by atoms with Gasteiger partial charge in [-0.2, -0.15) is 13.2 Å². The van der Waals surface area contributed by atoms with Crippen LogP contribution in [0.25, 0.3) is 0 Å². The van der Waals surface area contributed by atoms with Gasteiger partial charge >= 0.3 is 12.2 Å². The molecule has 2 aromatic rings. The van der Waals surface area contributed by atoms with E-state index < -0.39 is 35.8 Å². The Kier molecular flexibility index (Phi) is 7.85. The smallest absolute Gasteiger partial charge is 0.342 e. The number of halogens is 3. The number of nitrogens with one attached hydrogen (secondary N) is 1. The number of amides is 4. The number of rotatable bonds is 8. The molecule has 2 heterocycles. The maximum Gasteiger partial charge on any atom is 0.416 e. The van der Waals surface area contributed by atoms with Crippen LogP contribution in [-0.2, 0) is 22.2 Å². The molecule has 0 fully saturated rings. The van der Waals surface area contributed by atoms with Crippen molar-refractivity contribution in [3.63, 3.8) is 0 Å².